The SMILES string of the molecule is Nc1ccccc1OCc1ccc(Cl)nc1Cl. The van der Waals surface area contributed by atoms with Crippen molar-refractivity contribution in [3.8, 4) is 5.75 Å². The fourth-order valence-corrected chi connectivity index (χ4v) is 1.72. The second-order valence-electron chi connectivity index (χ2n) is 3.41. The van der Waals surface area contributed by atoms with Crippen LogP contribution in [0.2, 0.25) is 10.3 Å². The number of benzene rings is 1. The molecule has 0 saturated carbocycles. The van der Waals surface area contributed by atoms with Gasteiger partial charge in [-0.05, 0) is 24.3 Å². The van der Waals surface area contributed by atoms with Crippen molar-refractivity contribution in [2.75, 3.05) is 5.73 Å². The first-order chi connectivity index (χ1) is 8.16. The normalized spacial score (nSPS) is 10.2. The fourth-order valence-electron chi connectivity index (χ4n) is 1.32. The van der Waals surface area contributed by atoms with E-state index in [9.17, 15) is 0 Å². The molecule has 3 nitrogen and oxygen atoms in total. The number of para-hydroxylation sites is 2. The summed E-state index contributed by atoms with van der Waals surface area (Å²) in [5.41, 5.74) is 7.10. The number of nitrogens with two attached hydrogens (primary N) is 1. The van der Waals surface area contributed by atoms with Crippen LogP contribution in [0.5, 0.6) is 5.75 Å². The number of nitrogens with zero attached hydrogens (tertiary/aromatic N) is 1. The Morgan fingerprint density at radius 1 is 1.12 bits per heavy atom. The molecule has 1 heterocycles. The summed E-state index contributed by atoms with van der Waals surface area (Å²) < 4.78 is 5.55. The highest BCUT2D eigenvalue weighted by Gasteiger charge is 2.05. The molecule has 0 saturated heterocycles. The molecule has 0 spiro atoms. The molecule has 0 aliphatic carbocycles. The van der Waals surface area contributed by atoms with Gasteiger partial charge < -0.3 is 10.5 Å². The van der Waals surface area contributed by atoms with Crippen molar-refractivity contribution in [3.05, 3.63) is 52.3 Å². The van der Waals surface area contributed by atoms with Crippen LogP contribution >= 0.6 is 23.2 Å². The Morgan fingerprint density at radius 3 is 2.59 bits per heavy atom. The Balaban J connectivity index is 2.10. The Hall–Kier alpha value is -1.45. The van der Waals surface area contributed by atoms with Crippen molar-refractivity contribution in [1.82, 2.24) is 4.98 Å². The minimum Gasteiger partial charge on any atom is -0.487 e. The molecule has 0 radical (unpaired) electrons. The number of hydrogen-bond acceptors (Lipinski definition) is 3. The molecule has 88 valence electrons. The Kier molecular flexibility index (Phi) is 3.71. The van der Waals surface area contributed by atoms with E-state index in [0.29, 0.717) is 28.3 Å². The van der Waals surface area contributed by atoms with Crippen molar-refractivity contribution < 1.29 is 4.74 Å². The van der Waals surface area contributed by atoms with Gasteiger partial charge in [0.1, 0.15) is 22.7 Å². The predicted molar refractivity (Wildman–Crippen MR) is 69.4 cm³/mol. The van der Waals surface area contributed by atoms with Gasteiger partial charge in [-0.3, -0.25) is 0 Å². The summed E-state index contributed by atoms with van der Waals surface area (Å²) >= 11 is 11.6. The minimum atomic E-state index is 0.303. The Labute approximate surface area is 109 Å². The monoisotopic (exact) mass is 268 g/mol. The third kappa shape index (κ3) is 3.02. The summed E-state index contributed by atoms with van der Waals surface area (Å²) in [7, 11) is 0. The maximum atomic E-state index is 5.93. The van der Waals surface area contributed by atoms with E-state index in [0.717, 1.165) is 5.56 Å². The minimum absolute atomic E-state index is 0.303. The average molecular weight is 269 g/mol. The number of halogens is 2. The van der Waals surface area contributed by atoms with Gasteiger partial charge in [0.2, 0.25) is 0 Å². The van der Waals surface area contributed by atoms with Gasteiger partial charge in [-0.2, -0.15) is 0 Å². The molecule has 0 unspecified atom stereocenters. The molecule has 17 heavy (non-hydrogen) atoms. The lowest BCUT2D eigenvalue weighted by Crippen LogP contribution is -2.00. The van der Waals surface area contributed by atoms with E-state index in [2.05, 4.69) is 4.98 Å². The highest BCUT2D eigenvalue weighted by atomic mass is 35.5. The second kappa shape index (κ2) is 5.25. The molecule has 0 atom stereocenters. The summed E-state index contributed by atoms with van der Waals surface area (Å²) in [4.78, 5) is 3.93. The zero-order chi connectivity index (χ0) is 12.3. The molecule has 2 rings (SSSR count). The van der Waals surface area contributed by atoms with Gasteiger partial charge in [0.15, 0.2) is 0 Å². The first kappa shape index (κ1) is 12.0. The van der Waals surface area contributed by atoms with E-state index < -0.39 is 0 Å². The molecule has 5 heteroatoms. The zero-order valence-electron chi connectivity index (χ0n) is 8.86. The summed E-state index contributed by atoms with van der Waals surface area (Å²) in [6.07, 6.45) is 0. The van der Waals surface area contributed by atoms with E-state index in [1.165, 1.54) is 0 Å². The molecule has 0 fully saturated rings. The van der Waals surface area contributed by atoms with Gasteiger partial charge >= 0.3 is 0 Å². The van der Waals surface area contributed by atoms with Crippen LogP contribution in [0.1, 0.15) is 5.56 Å². The van der Waals surface area contributed by atoms with Crippen molar-refractivity contribution >= 4 is 28.9 Å². The molecule has 0 amide bonds. The molecule has 0 aliphatic heterocycles. The molecule has 0 bridgehead atoms. The third-order valence-corrected chi connectivity index (χ3v) is 2.73. The van der Waals surface area contributed by atoms with E-state index in [4.69, 9.17) is 33.7 Å². The van der Waals surface area contributed by atoms with Crippen LogP contribution in [0.25, 0.3) is 0 Å². The van der Waals surface area contributed by atoms with Crippen LogP contribution in [-0.4, -0.2) is 4.98 Å². The predicted octanol–water partition coefficient (Wildman–Crippen LogP) is 3.55. The third-order valence-electron chi connectivity index (χ3n) is 2.19. The number of pyridine rings is 1. The maximum absolute atomic E-state index is 5.93. The molecule has 2 aromatic rings. The van der Waals surface area contributed by atoms with Crippen LogP contribution in [0.3, 0.4) is 0 Å². The molecule has 0 aliphatic rings. The highest BCUT2D eigenvalue weighted by Crippen LogP contribution is 2.23. The van der Waals surface area contributed by atoms with Crippen LogP contribution in [0.4, 0.5) is 5.69 Å². The molecular formula is C12H10Cl2N2O. The topological polar surface area (TPSA) is 48.1 Å². The zero-order valence-corrected chi connectivity index (χ0v) is 10.4. The lowest BCUT2D eigenvalue weighted by atomic mass is 10.3. The summed E-state index contributed by atoms with van der Waals surface area (Å²) in [6, 6.07) is 10.7. The molecule has 2 N–H and O–H groups in total. The summed E-state index contributed by atoms with van der Waals surface area (Å²) in [5, 5.41) is 0.699. The van der Waals surface area contributed by atoms with E-state index in [-0.39, 0.29) is 0 Å². The van der Waals surface area contributed by atoms with Gasteiger partial charge in [0.05, 0.1) is 5.69 Å². The fraction of sp³-hybridized carbons (Fsp3) is 0.0833. The Morgan fingerprint density at radius 2 is 1.88 bits per heavy atom. The van der Waals surface area contributed by atoms with Crippen LogP contribution < -0.4 is 10.5 Å². The number of rotatable bonds is 3. The van der Waals surface area contributed by atoms with Crippen molar-refractivity contribution in [1.29, 1.82) is 0 Å². The standard InChI is InChI=1S/C12H10Cl2N2O/c13-11-6-5-8(12(14)16-11)7-17-10-4-2-1-3-9(10)15/h1-6H,7,15H2. The number of ether oxygens (including phenoxy) is 1. The van der Waals surface area contributed by atoms with E-state index in [1.807, 2.05) is 12.1 Å². The quantitative estimate of drug-likeness (QED) is 0.684. The van der Waals surface area contributed by atoms with Gasteiger partial charge in [-0.1, -0.05) is 35.3 Å². The average Bonchev–Trinajstić information content (AvgIpc) is 2.30. The summed E-state index contributed by atoms with van der Waals surface area (Å²) in [5.74, 6) is 0.624. The lowest BCUT2D eigenvalue weighted by molar-refractivity contribution is 0.307. The van der Waals surface area contributed by atoms with Crippen LogP contribution in [-0.2, 0) is 6.61 Å². The van der Waals surface area contributed by atoms with E-state index in [1.54, 1.807) is 24.3 Å². The molecular weight excluding hydrogens is 259 g/mol. The van der Waals surface area contributed by atoms with Crippen molar-refractivity contribution in [3.63, 3.8) is 0 Å². The largest absolute Gasteiger partial charge is 0.487 e. The second-order valence-corrected chi connectivity index (χ2v) is 4.16. The first-order valence-electron chi connectivity index (χ1n) is 4.95. The number of nitrogen functional groups attached to an aromatic ring is 1. The van der Waals surface area contributed by atoms with Crippen LogP contribution in [0, 0.1) is 0 Å². The van der Waals surface area contributed by atoms with Crippen LogP contribution in [0.15, 0.2) is 36.4 Å². The van der Waals surface area contributed by atoms with Crippen molar-refractivity contribution in [2.24, 2.45) is 0 Å². The Bertz CT molecular complexity index is 532. The number of hydrogen-bond donors (Lipinski definition) is 1. The number of anilines is 1. The highest BCUT2D eigenvalue weighted by molar-refractivity contribution is 6.32. The van der Waals surface area contributed by atoms with Crippen molar-refractivity contribution in [2.45, 2.75) is 6.61 Å². The molecule has 1 aromatic carbocycles. The summed E-state index contributed by atoms with van der Waals surface area (Å²) in [6.45, 7) is 0.303. The maximum Gasteiger partial charge on any atom is 0.142 e. The van der Waals surface area contributed by atoms with Gasteiger partial charge in [0.25, 0.3) is 0 Å². The number of aromatic nitrogens is 1. The smallest absolute Gasteiger partial charge is 0.142 e. The van der Waals surface area contributed by atoms with Gasteiger partial charge in [-0.25, -0.2) is 4.98 Å². The first-order valence-corrected chi connectivity index (χ1v) is 5.70. The molecule has 1 aromatic heterocycles. The lowest BCUT2D eigenvalue weighted by Gasteiger charge is -2.09. The van der Waals surface area contributed by atoms with E-state index >= 15 is 0 Å². The van der Waals surface area contributed by atoms with Gasteiger partial charge in [0, 0.05) is 5.56 Å². The van der Waals surface area contributed by atoms with Gasteiger partial charge in [-0.15, -0.1) is 0 Å².